The van der Waals surface area contributed by atoms with E-state index in [1.807, 2.05) is 32.0 Å². The van der Waals surface area contributed by atoms with Gasteiger partial charge in [0.2, 0.25) is 11.2 Å². The third kappa shape index (κ3) is 3.96. The van der Waals surface area contributed by atoms with Crippen LogP contribution in [0.1, 0.15) is 24.5 Å². The Kier molecular flexibility index (Phi) is 5.50. The molecule has 0 aliphatic carbocycles. The number of rotatable bonds is 6. The van der Waals surface area contributed by atoms with Crippen LogP contribution in [0.5, 0.6) is 0 Å². The van der Waals surface area contributed by atoms with Crippen LogP contribution in [-0.4, -0.2) is 22.4 Å². The summed E-state index contributed by atoms with van der Waals surface area (Å²) in [5, 5.41) is -0.0200. The fourth-order valence-electron chi connectivity index (χ4n) is 2.43. The van der Waals surface area contributed by atoms with Crippen LogP contribution >= 0.6 is 11.6 Å². The number of amides is 1. The molecule has 0 radical (unpaired) electrons. The smallest absolute Gasteiger partial charge is 0.224 e. The lowest BCUT2D eigenvalue weighted by molar-refractivity contribution is -0.117. The van der Waals surface area contributed by atoms with Crippen LogP contribution in [0, 0.1) is 12.7 Å². The first-order valence-electron chi connectivity index (χ1n) is 7.26. The van der Waals surface area contributed by atoms with E-state index < -0.39 is 11.7 Å². The number of nitrogens with zero attached hydrogens (tertiary/aromatic N) is 3. The molecule has 1 aromatic carbocycles. The molecule has 0 fully saturated rings. The average molecular weight is 337 g/mol. The summed E-state index contributed by atoms with van der Waals surface area (Å²) in [5.41, 5.74) is 7.70. The molecule has 0 unspecified atom stereocenters. The van der Waals surface area contributed by atoms with Gasteiger partial charge in [0.25, 0.3) is 0 Å². The van der Waals surface area contributed by atoms with Gasteiger partial charge < -0.3 is 10.6 Å². The Hall–Kier alpha value is -2.21. The highest BCUT2D eigenvalue weighted by Gasteiger charge is 2.19. The molecule has 23 heavy (non-hydrogen) atoms. The Morgan fingerprint density at radius 2 is 2.17 bits per heavy atom. The minimum absolute atomic E-state index is 0.0200. The van der Waals surface area contributed by atoms with Gasteiger partial charge in [-0.15, -0.1) is 0 Å². The molecule has 0 saturated carbocycles. The van der Waals surface area contributed by atoms with Crippen LogP contribution in [0.3, 0.4) is 0 Å². The molecule has 0 spiro atoms. The van der Waals surface area contributed by atoms with Crippen LogP contribution in [-0.2, 0) is 11.2 Å². The second-order valence-electron chi connectivity index (χ2n) is 5.17. The van der Waals surface area contributed by atoms with Crippen molar-refractivity contribution in [2.75, 3.05) is 11.4 Å². The zero-order valence-electron chi connectivity index (χ0n) is 13.0. The Bertz CT molecular complexity index is 723. The van der Waals surface area contributed by atoms with Crippen molar-refractivity contribution in [2.45, 2.75) is 26.7 Å². The lowest BCUT2D eigenvalue weighted by atomic mass is 10.0. The number of halogens is 2. The zero-order chi connectivity index (χ0) is 17.0. The van der Waals surface area contributed by atoms with Crippen LogP contribution < -0.4 is 10.6 Å². The summed E-state index contributed by atoms with van der Waals surface area (Å²) >= 11 is 5.81. The van der Waals surface area contributed by atoms with E-state index in [9.17, 15) is 9.18 Å². The van der Waals surface area contributed by atoms with Crippen molar-refractivity contribution < 1.29 is 9.18 Å². The molecule has 0 aliphatic rings. The normalized spacial score (nSPS) is 10.6. The van der Waals surface area contributed by atoms with E-state index in [1.165, 1.54) is 0 Å². The van der Waals surface area contributed by atoms with E-state index in [2.05, 4.69) is 9.97 Å². The number of hydrogen-bond donors (Lipinski definition) is 1. The molecule has 122 valence electrons. The minimum Gasteiger partial charge on any atom is -0.369 e. The second kappa shape index (κ2) is 7.37. The van der Waals surface area contributed by atoms with Gasteiger partial charge in [-0.1, -0.05) is 19.1 Å². The van der Waals surface area contributed by atoms with Crippen molar-refractivity contribution in [3.05, 3.63) is 46.6 Å². The molecule has 7 heteroatoms. The first-order valence-corrected chi connectivity index (χ1v) is 7.64. The summed E-state index contributed by atoms with van der Waals surface area (Å²) < 4.78 is 14.2. The molecule has 0 saturated heterocycles. The van der Waals surface area contributed by atoms with Gasteiger partial charge in [-0.05, 0) is 42.1 Å². The molecule has 0 aliphatic heterocycles. The fraction of sp³-hybridized carbons (Fsp3) is 0.312. The Morgan fingerprint density at radius 3 is 2.83 bits per heavy atom. The lowest BCUT2D eigenvalue weighted by Gasteiger charge is -2.26. The first-order chi connectivity index (χ1) is 10.9. The minimum atomic E-state index is -0.553. The van der Waals surface area contributed by atoms with Gasteiger partial charge >= 0.3 is 0 Å². The average Bonchev–Trinajstić information content (AvgIpc) is 2.50. The molecule has 5 nitrogen and oxygen atoms in total. The lowest BCUT2D eigenvalue weighted by Crippen LogP contribution is -2.22. The van der Waals surface area contributed by atoms with Crippen LogP contribution in [0.25, 0.3) is 0 Å². The maximum absolute atomic E-state index is 14.2. The van der Waals surface area contributed by atoms with E-state index >= 15 is 0 Å². The highest BCUT2D eigenvalue weighted by Crippen LogP contribution is 2.31. The largest absolute Gasteiger partial charge is 0.369 e. The number of aromatic nitrogens is 2. The summed E-state index contributed by atoms with van der Waals surface area (Å²) in [6, 6.07) is 5.49. The molecule has 1 aromatic heterocycles. The third-order valence-electron chi connectivity index (χ3n) is 3.47. The van der Waals surface area contributed by atoms with Gasteiger partial charge in [-0.25, -0.2) is 9.37 Å². The van der Waals surface area contributed by atoms with E-state index in [1.54, 1.807) is 4.90 Å². The summed E-state index contributed by atoms with van der Waals surface area (Å²) in [6.45, 7) is 4.40. The van der Waals surface area contributed by atoms with E-state index in [4.69, 9.17) is 17.3 Å². The Morgan fingerprint density at radius 1 is 1.43 bits per heavy atom. The molecular formula is C16H18ClFN4O. The molecule has 2 rings (SSSR count). The van der Waals surface area contributed by atoms with Gasteiger partial charge in [0, 0.05) is 12.2 Å². The van der Waals surface area contributed by atoms with E-state index in [-0.39, 0.29) is 17.5 Å². The van der Waals surface area contributed by atoms with Crippen LogP contribution in [0.15, 0.2) is 24.4 Å². The van der Waals surface area contributed by atoms with Crippen molar-refractivity contribution in [3.63, 3.8) is 0 Å². The molecular weight excluding hydrogens is 319 g/mol. The maximum atomic E-state index is 14.2. The standard InChI is InChI=1S/C16H18ClFN4O/c1-3-7-22(15-12(18)9-20-16(17)21-15)13-6-4-5-11(10(13)2)8-14(19)23/h4-6,9H,3,7-8H2,1-2H3,(H2,19,23). The Balaban J connectivity index is 2.54. The van der Waals surface area contributed by atoms with E-state index in [0.29, 0.717) is 6.54 Å². The summed E-state index contributed by atoms with van der Waals surface area (Å²) in [6.07, 6.45) is 1.96. The summed E-state index contributed by atoms with van der Waals surface area (Å²) in [4.78, 5) is 20.6. The summed E-state index contributed by atoms with van der Waals surface area (Å²) in [7, 11) is 0. The highest BCUT2D eigenvalue weighted by molar-refractivity contribution is 6.28. The summed E-state index contributed by atoms with van der Waals surface area (Å²) in [5.74, 6) is -0.850. The monoisotopic (exact) mass is 336 g/mol. The van der Waals surface area contributed by atoms with Gasteiger partial charge in [0.1, 0.15) is 0 Å². The molecule has 0 bridgehead atoms. The van der Waals surface area contributed by atoms with Gasteiger partial charge in [-0.3, -0.25) is 4.79 Å². The number of carbonyl (C=O) groups excluding carboxylic acids is 1. The number of anilines is 2. The first kappa shape index (κ1) is 17.1. The Labute approximate surface area is 139 Å². The fourth-order valence-corrected chi connectivity index (χ4v) is 2.56. The van der Waals surface area contributed by atoms with Crippen molar-refractivity contribution >= 4 is 29.0 Å². The van der Waals surface area contributed by atoms with Crippen molar-refractivity contribution in [1.82, 2.24) is 9.97 Å². The topological polar surface area (TPSA) is 72.1 Å². The van der Waals surface area contributed by atoms with E-state index in [0.717, 1.165) is 29.4 Å². The van der Waals surface area contributed by atoms with Crippen molar-refractivity contribution in [2.24, 2.45) is 5.73 Å². The van der Waals surface area contributed by atoms with Crippen molar-refractivity contribution in [3.8, 4) is 0 Å². The quantitative estimate of drug-likeness (QED) is 0.822. The van der Waals surface area contributed by atoms with Gasteiger partial charge in [0.05, 0.1) is 12.6 Å². The number of nitrogens with two attached hydrogens (primary N) is 1. The molecule has 1 amide bonds. The molecule has 0 atom stereocenters. The second-order valence-corrected chi connectivity index (χ2v) is 5.50. The predicted molar refractivity (Wildman–Crippen MR) is 88.4 cm³/mol. The van der Waals surface area contributed by atoms with Crippen LogP contribution in [0.4, 0.5) is 15.9 Å². The van der Waals surface area contributed by atoms with Gasteiger partial charge in [-0.2, -0.15) is 4.98 Å². The van der Waals surface area contributed by atoms with Crippen LogP contribution in [0.2, 0.25) is 5.28 Å². The third-order valence-corrected chi connectivity index (χ3v) is 3.65. The SMILES string of the molecule is CCCN(c1cccc(CC(N)=O)c1C)c1nc(Cl)ncc1F. The number of carbonyl (C=O) groups is 1. The molecule has 2 N–H and O–H groups in total. The number of hydrogen-bond acceptors (Lipinski definition) is 4. The zero-order valence-corrected chi connectivity index (χ0v) is 13.8. The van der Waals surface area contributed by atoms with Crippen molar-refractivity contribution in [1.29, 1.82) is 0 Å². The number of benzene rings is 1. The predicted octanol–water partition coefficient (Wildman–Crippen LogP) is 3.15. The van der Waals surface area contributed by atoms with Gasteiger partial charge in [0.15, 0.2) is 11.6 Å². The number of primary amides is 1. The molecule has 1 heterocycles. The highest BCUT2D eigenvalue weighted by atomic mass is 35.5. The maximum Gasteiger partial charge on any atom is 0.224 e. The molecule has 2 aromatic rings.